The molecule has 3 rings (SSSR count). The van der Waals surface area contributed by atoms with Crippen molar-refractivity contribution in [3.8, 4) is 17.2 Å². The van der Waals surface area contributed by atoms with E-state index in [1.54, 1.807) is 28.4 Å². The predicted molar refractivity (Wildman–Crippen MR) is 80.7 cm³/mol. The molecule has 0 radical (unpaired) electrons. The van der Waals surface area contributed by atoms with Crippen molar-refractivity contribution in [2.75, 3.05) is 0 Å². The van der Waals surface area contributed by atoms with Gasteiger partial charge in [0.05, 0.1) is 16.4 Å². The highest BCUT2D eigenvalue weighted by Gasteiger charge is 2.20. The molecule has 0 spiro atoms. The molecule has 0 unspecified atom stereocenters. The summed E-state index contributed by atoms with van der Waals surface area (Å²) in [4.78, 5) is 0. The maximum absolute atomic E-state index is 13.1. The molecule has 0 saturated carbocycles. The smallest absolute Gasteiger partial charge is 0.200 e. The van der Waals surface area contributed by atoms with E-state index in [2.05, 4.69) is 15.3 Å². The van der Waals surface area contributed by atoms with Crippen LogP contribution in [-0.2, 0) is 7.05 Å². The van der Waals surface area contributed by atoms with Gasteiger partial charge in [-0.2, -0.15) is 10.2 Å². The molecule has 0 amide bonds. The number of hydrogen-bond donors (Lipinski definition) is 1. The number of nitrogens with one attached hydrogen (secondary N) is 1. The Hall–Kier alpha value is -1.99. The molecule has 0 atom stereocenters. The predicted octanol–water partition coefficient (Wildman–Crippen LogP) is 3.43. The van der Waals surface area contributed by atoms with E-state index in [1.807, 2.05) is 6.92 Å². The third-order valence-electron chi connectivity index (χ3n) is 3.12. The van der Waals surface area contributed by atoms with Crippen molar-refractivity contribution in [3.05, 3.63) is 45.6 Å². The maximum Gasteiger partial charge on any atom is 0.200 e. The molecule has 0 fully saturated rings. The van der Waals surface area contributed by atoms with Crippen molar-refractivity contribution in [1.29, 1.82) is 0 Å². The number of rotatable bonds is 2. The number of nitrogens with zero attached hydrogens (tertiary/aromatic N) is 4. The number of hydrogen-bond acceptors (Lipinski definition) is 3. The number of aromatic nitrogens is 5. The van der Waals surface area contributed by atoms with Crippen molar-refractivity contribution < 1.29 is 4.39 Å². The van der Waals surface area contributed by atoms with E-state index < -0.39 is 0 Å². The largest absolute Gasteiger partial charge is 0.267 e. The number of benzene rings is 1. The lowest BCUT2D eigenvalue weighted by Crippen LogP contribution is -2.02. The molecule has 0 aliphatic rings. The van der Waals surface area contributed by atoms with Gasteiger partial charge in [0.1, 0.15) is 11.5 Å². The topological polar surface area (TPSA) is 51.4 Å². The van der Waals surface area contributed by atoms with Gasteiger partial charge >= 0.3 is 0 Å². The number of aryl methyl sites for hydroxylation is 2. The SMILES string of the molecule is Cc1nn(C)c(-c2n[nH]c(=S)n2-c2ccc(F)cc2)c1Cl. The van der Waals surface area contributed by atoms with Crippen LogP contribution in [0.2, 0.25) is 5.02 Å². The Kier molecular flexibility index (Phi) is 3.38. The van der Waals surface area contributed by atoms with Crippen LogP contribution in [0.25, 0.3) is 17.2 Å². The molecule has 3 aromatic rings. The standard InChI is InChI=1S/C13H11ClFN5S/c1-7-10(14)11(19(2)18-7)12-16-17-13(21)20(12)9-5-3-8(15)4-6-9/h3-6H,1-2H3,(H,17,21). The van der Waals surface area contributed by atoms with Gasteiger partial charge in [0.25, 0.3) is 0 Å². The van der Waals surface area contributed by atoms with E-state index in [4.69, 9.17) is 23.8 Å². The zero-order chi connectivity index (χ0) is 15.1. The van der Waals surface area contributed by atoms with Crippen LogP contribution in [0.15, 0.2) is 24.3 Å². The first-order valence-electron chi connectivity index (χ1n) is 6.12. The summed E-state index contributed by atoms with van der Waals surface area (Å²) in [6.45, 7) is 1.81. The van der Waals surface area contributed by atoms with Gasteiger partial charge in [-0.05, 0) is 43.4 Å². The Labute approximate surface area is 130 Å². The van der Waals surface area contributed by atoms with E-state index >= 15 is 0 Å². The van der Waals surface area contributed by atoms with Crippen molar-refractivity contribution in [2.45, 2.75) is 6.92 Å². The Balaban J connectivity index is 2.27. The second-order valence-corrected chi connectivity index (χ2v) is 5.30. The fourth-order valence-corrected chi connectivity index (χ4v) is 2.64. The lowest BCUT2D eigenvalue weighted by molar-refractivity contribution is 0.627. The van der Waals surface area contributed by atoms with E-state index in [9.17, 15) is 4.39 Å². The van der Waals surface area contributed by atoms with Crippen LogP contribution in [-0.4, -0.2) is 24.5 Å². The quantitative estimate of drug-likeness (QED) is 0.735. The fraction of sp³-hybridized carbons (Fsp3) is 0.154. The van der Waals surface area contributed by atoms with Crippen molar-refractivity contribution in [1.82, 2.24) is 24.5 Å². The van der Waals surface area contributed by atoms with E-state index in [-0.39, 0.29) is 5.82 Å². The van der Waals surface area contributed by atoms with Gasteiger partial charge in [0.2, 0.25) is 0 Å². The molecule has 108 valence electrons. The molecule has 2 aromatic heterocycles. The van der Waals surface area contributed by atoms with Crippen LogP contribution in [0.3, 0.4) is 0 Å². The number of halogens is 2. The van der Waals surface area contributed by atoms with E-state index in [1.165, 1.54) is 12.1 Å². The summed E-state index contributed by atoms with van der Waals surface area (Å²) in [6, 6.07) is 5.98. The number of aromatic amines is 1. The summed E-state index contributed by atoms with van der Waals surface area (Å²) >= 11 is 11.6. The molecule has 1 N–H and O–H groups in total. The van der Waals surface area contributed by atoms with Gasteiger partial charge in [-0.3, -0.25) is 14.3 Å². The Morgan fingerprint density at radius 3 is 2.52 bits per heavy atom. The molecule has 0 saturated heterocycles. The fourth-order valence-electron chi connectivity index (χ4n) is 2.16. The highest BCUT2D eigenvalue weighted by Crippen LogP contribution is 2.30. The van der Waals surface area contributed by atoms with Gasteiger partial charge in [0.15, 0.2) is 10.6 Å². The minimum atomic E-state index is -0.315. The third kappa shape index (κ3) is 2.28. The average Bonchev–Trinajstić information content (AvgIpc) is 2.92. The first-order valence-corrected chi connectivity index (χ1v) is 6.90. The minimum Gasteiger partial charge on any atom is -0.267 e. The molecule has 0 aliphatic heterocycles. The summed E-state index contributed by atoms with van der Waals surface area (Å²) in [5.74, 6) is 0.212. The first-order chi connectivity index (χ1) is 9.99. The summed E-state index contributed by atoms with van der Waals surface area (Å²) in [7, 11) is 1.78. The molecular weight excluding hydrogens is 313 g/mol. The molecule has 21 heavy (non-hydrogen) atoms. The van der Waals surface area contributed by atoms with E-state index in [0.717, 1.165) is 0 Å². The number of H-pyrrole nitrogens is 1. The minimum absolute atomic E-state index is 0.315. The zero-order valence-corrected chi connectivity index (χ0v) is 12.8. The Morgan fingerprint density at radius 2 is 1.95 bits per heavy atom. The first kappa shape index (κ1) is 14.0. The van der Waals surface area contributed by atoms with Crippen molar-refractivity contribution >= 4 is 23.8 Å². The van der Waals surface area contributed by atoms with Gasteiger partial charge < -0.3 is 0 Å². The Bertz CT molecular complexity index is 862. The van der Waals surface area contributed by atoms with Crippen LogP contribution in [0.5, 0.6) is 0 Å². The van der Waals surface area contributed by atoms with Crippen LogP contribution < -0.4 is 0 Å². The molecular formula is C13H11ClFN5S. The molecule has 8 heteroatoms. The van der Waals surface area contributed by atoms with Crippen molar-refractivity contribution in [3.63, 3.8) is 0 Å². The lowest BCUT2D eigenvalue weighted by atomic mass is 10.3. The molecule has 2 heterocycles. The van der Waals surface area contributed by atoms with Crippen LogP contribution in [0, 0.1) is 17.5 Å². The molecule has 0 aliphatic carbocycles. The monoisotopic (exact) mass is 323 g/mol. The summed E-state index contributed by atoms with van der Waals surface area (Å²) < 4.78 is 16.8. The van der Waals surface area contributed by atoms with Gasteiger partial charge in [-0.25, -0.2) is 4.39 Å². The molecule has 0 bridgehead atoms. The summed E-state index contributed by atoms with van der Waals surface area (Å²) in [5, 5.41) is 11.7. The van der Waals surface area contributed by atoms with Gasteiger partial charge in [0, 0.05) is 7.05 Å². The van der Waals surface area contributed by atoms with E-state index in [0.29, 0.717) is 32.7 Å². The van der Waals surface area contributed by atoms with Gasteiger partial charge in [-0.15, -0.1) is 0 Å². The normalized spacial score (nSPS) is 11.0. The average molecular weight is 324 g/mol. The van der Waals surface area contributed by atoms with Gasteiger partial charge in [-0.1, -0.05) is 11.6 Å². The van der Waals surface area contributed by atoms with Crippen LogP contribution in [0.4, 0.5) is 4.39 Å². The summed E-state index contributed by atoms with van der Waals surface area (Å²) in [5.41, 5.74) is 2.04. The zero-order valence-electron chi connectivity index (χ0n) is 11.3. The third-order valence-corrected chi connectivity index (χ3v) is 3.84. The second kappa shape index (κ2) is 5.09. The van der Waals surface area contributed by atoms with Crippen LogP contribution in [0.1, 0.15) is 5.69 Å². The van der Waals surface area contributed by atoms with Crippen molar-refractivity contribution in [2.24, 2.45) is 7.05 Å². The molecule has 1 aromatic carbocycles. The second-order valence-electron chi connectivity index (χ2n) is 4.54. The Morgan fingerprint density at radius 1 is 1.29 bits per heavy atom. The highest BCUT2D eigenvalue weighted by atomic mass is 35.5. The maximum atomic E-state index is 13.1. The summed E-state index contributed by atoms with van der Waals surface area (Å²) in [6.07, 6.45) is 0. The molecule has 5 nitrogen and oxygen atoms in total. The van der Waals surface area contributed by atoms with Crippen LogP contribution >= 0.6 is 23.8 Å². The highest BCUT2D eigenvalue weighted by molar-refractivity contribution is 7.71. The lowest BCUT2D eigenvalue weighted by Gasteiger charge is -2.07.